The predicted molar refractivity (Wildman–Crippen MR) is 42.1 cm³/mol. The van der Waals surface area contributed by atoms with Crippen molar-refractivity contribution in [1.29, 1.82) is 0 Å². The monoisotopic (exact) mass is 169 g/mol. The smallest absolute Gasteiger partial charge is 0.335 e. The third-order valence-corrected chi connectivity index (χ3v) is 1.57. The number of hydrogen-bond acceptors (Lipinski definition) is 3. The summed E-state index contributed by atoms with van der Waals surface area (Å²) in [6.45, 7) is 2.12. The van der Waals surface area contributed by atoms with Gasteiger partial charge in [-0.3, -0.25) is 4.79 Å². The van der Waals surface area contributed by atoms with Gasteiger partial charge in [0, 0.05) is 12.6 Å². The van der Waals surface area contributed by atoms with E-state index in [-0.39, 0.29) is 11.9 Å². The summed E-state index contributed by atoms with van der Waals surface area (Å²) in [6.07, 6.45) is 2.26. The van der Waals surface area contributed by atoms with Gasteiger partial charge in [0.1, 0.15) is 0 Å². The Hall–Kier alpha value is -1.32. The number of ether oxygens (including phenoxy) is 1. The van der Waals surface area contributed by atoms with Crippen LogP contribution in [0.25, 0.3) is 0 Å². The van der Waals surface area contributed by atoms with Gasteiger partial charge in [-0.05, 0) is 13.3 Å². The lowest BCUT2D eigenvalue weighted by molar-refractivity contribution is -0.138. The molecule has 0 radical (unpaired) electrons. The van der Waals surface area contributed by atoms with E-state index in [1.54, 1.807) is 6.92 Å². The maximum atomic E-state index is 11.1. The molecule has 4 nitrogen and oxygen atoms in total. The van der Waals surface area contributed by atoms with Gasteiger partial charge in [0.2, 0.25) is 5.91 Å². The summed E-state index contributed by atoms with van der Waals surface area (Å²) in [5.41, 5.74) is 0.538. The van der Waals surface area contributed by atoms with Crippen molar-refractivity contribution >= 4 is 11.9 Å². The molecule has 0 saturated carbocycles. The molecule has 0 spiro atoms. The minimum Gasteiger partial charge on any atom is -0.463 e. The molecule has 66 valence electrons. The van der Waals surface area contributed by atoms with Crippen LogP contribution in [0.3, 0.4) is 0 Å². The maximum absolute atomic E-state index is 11.1. The van der Waals surface area contributed by atoms with Crippen LogP contribution in [-0.2, 0) is 14.3 Å². The van der Waals surface area contributed by atoms with Gasteiger partial charge in [-0.2, -0.15) is 0 Å². The Labute approximate surface area is 70.6 Å². The average Bonchev–Trinajstić information content (AvgIpc) is 2.06. The van der Waals surface area contributed by atoms with Crippen LogP contribution >= 0.6 is 0 Å². The van der Waals surface area contributed by atoms with Gasteiger partial charge >= 0.3 is 5.97 Å². The van der Waals surface area contributed by atoms with Crippen molar-refractivity contribution in [3.8, 4) is 0 Å². The van der Waals surface area contributed by atoms with Crippen molar-refractivity contribution in [1.82, 2.24) is 5.32 Å². The van der Waals surface area contributed by atoms with E-state index in [0.717, 1.165) is 0 Å². The third kappa shape index (κ3) is 2.08. The van der Waals surface area contributed by atoms with Crippen molar-refractivity contribution in [3.63, 3.8) is 0 Å². The van der Waals surface area contributed by atoms with Crippen molar-refractivity contribution in [2.45, 2.75) is 19.8 Å². The highest BCUT2D eigenvalue weighted by Gasteiger charge is 2.16. The van der Waals surface area contributed by atoms with Crippen LogP contribution in [0, 0.1) is 0 Å². The first-order valence-corrected chi connectivity index (χ1v) is 3.89. The number of amides is 1. The van der Waals surface area contributed by atoms with E-state index in [4.69, 9.17) is 4.74 Å². The number of hydrogen-bond donors (Lipinski definition) is 1. The zero-order chi connectivity index (χ0) is 8.97. The molecule has 1 aliphatic rings. The highest BCUT2D eigenvalue weighted by molar-refractivity contribution is 5.92. The fourth-order valence-electron chi connectivity index (χ4n) is 0.945. The normalized spacial score (nSPS) is 16.4. The van der Waals surface area contributed by atoms with Gasteiger partial charge in [0.15, 0.2) is 0 Å². The average molecular weight is 169 g/mol. The Morgan fingerprint density at radius 2 is 2.42 bits per heavy atom. The summed E-state index contributed by atoms with van der Waals surface area (Å²) < 4.78 is 4.76. The topological polar surface area (TPSA) is 55.4 Å². The summed E-state index contributed by atoms with van der Waals surface area (Å²) in [4.78, 5) is 21.7. The Balaban J connectivity index is 2.52. The molecule has 0 bridgehead atoms. The second-order valence-corrected chi connectivity index (χ2v) is 2.46. The SMILES string of the molecule is CCOC(=O)C1=CNC(=O)CC1. The lowest BCUT2D eigenvalue weighted by Crippen LogP contribution is -2.24. The van der Waals surface area contributed by atoms with Crippen LogP contribution in [0.5, 0.6) is 0 Å². The van der Waals surface area contributed by atoms with Crippen molar-refractivity contribution in [2.75, 3.05) is 6.61 Å². The quantitative estimate of drug-likeness (QED) is 0.606. The lowest BCUT2D eigenvalue weighted by Gasteiger charge is -2.11. The Kier molecular flexibility index (Phi) is 2.85. The Morgan fingerprint density at radius 3 is 2.92 bits per heavy atom. The maximum Gasteiger partial charge on any atom is 0.335 e. The minimum atomic E-state index is -0.336. The molecular weight excluding hydrogens is 158 g/mol. The first-order chi connectivity index (χ1) is 5.74. The number of rotatable bonds is 2. The predicted octanol–water partition coefficient (Wildman–Crippen LogP) is 0.343. The molecule has 0 saturated heterocycles. The molecule has 1 amide bonds. The zero-order valence-corrected chi connectivity index (χ0v) is 6.92. The Morgan fingerprint density at radius 1 is 1.67 bits per heavy atom. The van der Waals surface area contributed by atoms with E-state index in [9.17, 15) is 9.59 Å². The highest BCUT2D eigenvalue weighted by Crippen LogP contribution is 2.10. The van der Waals surface area contributed by atoms with Crippen LogP contribution in [-0.4, -0.2) is 18.5 Å². The molecule has 12 heavy (non-hydrogen) atoms. The summed E-state index contributed by atoms with van der Waals surface area (Å²) in [5.74, 6) is -0.388. The van der Waals surface area contributed by atoms with E-state index in [0.29, 0.717) is 25.0 Å². The zero-order valence-electron chi connectivity index (χ0n) is 6.92. The molecule has 0 aromatic rings. The van der Waals surface area contributed by atoms with Gasteiger partial charge < -0.3 is 10.1 Å². The molecule has 0 fully saturated rings. The van der Waals surface area contributed by atoms with E-state index >= 15 is 0 Å². The lowest BCUT2D eigenvalue weighted by atomic mass is 10.1. The second kappa shape index (κ2) is 3.90. The molecule has 1 rings (SSSR count). The van der Waals surface area contributed by atoms with Crippen molar-refractivity contribution in [3.05, 3.63) is 11.8 Å². The molecule has 0 aliphatic carbocycles. The van der Waals surface area contributed by atoms with Crippen LogP contribution < -0.4 is 5.32 Å². The molecular formula is C8H11NO3. The molecule has 1 heterocycles. The Bertz CT molecular complexity index is 232. The van der Waals surface area contributed by atoms with Gasteiger partial charge in [-0.15, -0.1) is 0 Å². The summed E-state index contributed by atoms with van der Waals surface area (Å²) in [6, 6.07) is 0. The van der Waals surface area contributed by atoms with E-state index in [1.807, 2.05) is 0 Å². The number of esters is 1. The molecule has 1 N–H and O–H groups in total. The summed E-state index contributed by atoms with van der Waals surface area (Å²) >= 11 is 0. The first kappa shape index (κ1) is 8.77. The first-order valence-electron chi connectivity index (χ1n) is 3.89. The minimum absolute atomic E-state index is 0.0527. The molecule has 0 aromatic carbocycles. The van der Waals surface area contributed by atoms with Gasteiger partial charge in [0.05, 0.1) is 12.2 Å². The fourth-order valence-corrected chi connectivity index (χ4v) is 0.945. The van der Waals surface area contributed by atoms with Crippen LogP contribution in [0.1, 0.15) is 19.8 Å². The van der Waals surface area contributed by atoms with Crippen molar-refractivity contribution < 1.29 is 14.3 Å². The fraction of sp³-hybridized carbons (Fsp3) is 0.500. The van der Waals surface area contributed by atoms with Crippen LogP contribution in [0.2, 0.25) is 0 Å². The van der Waals surface area contributed by atoms with Crippen molar-refractivity contribution in [2.24, 2.45) is 0 Å². The third-order valence-electron chi connectivity index (χ3n) is 1.57. The van der Waals surface area contributed by atoms with E-state index in [2.05, 4.69) is 5.32 Å². The number of carbonyl (C=O) groups is 2. The molecule has 0 atom stereocenters. The van der Waals surface area contributed by atoms with E-state index in [1.165, 1.54) is 6.20 Å². The summed E-state index contributed by atoms with van der Waals surface area (Å²) in [7, 11) is 0. The van der Waals surface area contributed by atoms with Crippen LogP contribution in [0.15, 0.2) is 11.8 Å². The molecule has 4 heteroatoms. The molecule has 0 unspecified atom stereocenters. The standard InChI is InChI=1S/C8H11NO3/c1-2-12-8(11)6-3-4-7(10)9-5-6/h5H,2-4H2,1H3,(H,9,10). The van der Waals surface area contributed by atoms with Gasteiger partial charge in [-0.1, -0.05) is 0 Å². The molecule has 1 aliphatic heterocycles. The number of carbonyl (C=O) groups excluding carboxylic acids is 2. The molecule has 0 aromatic heterocycles. The largest absolute Gasteiger partial charge is 0.463 e. The van der Waals surface area contributed by atoms with Gasteiger partial charge in [0.25, 0.3) is 0 Å². The van der Waals surface area contributed by atoms with Crippen LogP contribution in [0.4, 0.5) is 0 Å². The second-order valence-electron chi connectivity index (χ2n) is 2.46. The highest BCUT2D eigenvalue weighted by atomic mass is 16.5. The van der Waals surface area contributed by atoms with Gasteiger partial charge in [-0.25, -0.2) is 4.79 Å². The number of nitrogens with one attached hydrogen (secondary N) is 1. The van der Waals surface area contributed by atoms with E-state index < -0.39 is 0 Å². The summed E-state index contributed by atoms with van der Waals surface area (Å²) in [5, 5.41) is 2.47.